The Morgan fingerprint density at radius 1 is 1.36 bits per heavy atom. The fourth-order valence-electron chi connectivity index (χ4n) is 4.51. The monoisotopic (exact) mass is 382 g/mol. The minimum absolute atomic E-state index is 0.0360. The van der Waals surface area contributed by atoms with Crippen LogP contribution in [-0.4, -0.2) is 51.0 Å². The average molecular weight is 383 g/mol. The number of hydrazine groups is 1. The van der Waals surface area contributed by atoms with Crippen LogP contribution in [0.5, 0.6) is 0 Å². The summed E-state index contributed by atoms with van der Waals surface area (Å²) in [5.41, 5.74) is 7.63. The van der Waals surface area contributed by atoms with Crippen LogP contribution in [0.4, 0.5) is 0 Å². The molecule has 2 aromatic heterocycles. The van der Waals surface area contributed by atoms with Gasteiger partial charge in [-0.1, -0.05) is 19.4 Å². The minimum Gasteiger partial charge on any atom is -0.342 e. The highest BCUT2D eigenvalue weighted by Gasteiger charge is 2.37. The van der Waals surface area contributed by atoms with Crippen LogP contribution in [0, 0.1) is 5.92 Å². The molecule has 7 heteroatoms. The number of piperidine rings is 1. The van der Waals surface area contributed by atoms with Crippen LogP contribution in [0.2, 0.25) is 0 Å². The van der Waals surface area contributed by atoms with Gasteiger partial charge >= 0.3 is 0 Å². The quantitative estimate of drug-likeness (QED) is 0.798. The lowest BCUT2D eigenvalue weighted by molar-refractivity contribution is -0.136. The smallest absolute Gasteiger partial charge is 0.228 e. The SMILES string of the molecule is CCCC1NNCC1C(=O)N1CCCC(c2nccn2Cc2cccnc2)C1. The van der Waals surface area contributed by atoms with Gasteiger partial charge in [0.15, 0.2) is 0 Å². The summed E-state index contributed by atoms with van der Waals surface area (Å²) < 4.78 is 2.20. The average Bonchev–Trinajstić information content (AvgIpc) is 3.38. The third-order valence-corrected chi connectivity index (χ3v) is 5.93. The van der Waals surface area contributed by atoms with Crippen molar-refractivity contribution in [3.63, 3.8) is 0 Å². The Balaban J connectivity index is 1.44. The van der Waals surface area contributed by atoms with Gasteiger partial charge in [0, 0.05) is 56.4 Å². The Bertz CT molecular complexity index is 776. The van der Waals surface area contributed by atoms with Crippen molar-refractivity contribution in [2.75, 3.05) is 19.6 Å². The Morgan fingerprint density at radius 2 is 2.29 bits per heavy atom. The molecule has 3 unspecified atom stereocenters. The van der Waals surface area contributed by atoms with Crippen molar-refractivity contribution in [2.24, 2.45) is 5.92 Å². The standard InChI is InChI=1S/C21H30N6O/c1-2-5-19-18(13-24-25-19)21(28)27-10-4-7-17(15-27)20-23-9-11-26(20)14-16-6-3-8-22-12-16/h3,6,8-9,11-12,17-19,24-25H,2,4-5,7,10,13-15H2,1H3. The number of aromatic nitrogens is 3. The van der Waals surface area contributed by atoms with Crippen LogP contribution >= 0.6 is 0 Å². The van der Waals surface area contributed by atoms with Gasteiger partial charge in [-0.3, -0.25) is 20.6 Å². The highest BCUT2D eigenvalue weighted by Crippen LogP contribution is 2.28. The number of rotatable bonds is 6. The number of amides is 1. The lowest BCUT2D eigenvalue weighted by atomic mass is 9.92. The van der Waals surface area contributed by atoms with E-state index in [-0.39, 0.29) is 23.8 Å². The minimum atomic E-state index is 0.0360. The van der Waals surface area contributed by atoms with Gasteiger partial charge in [0.25, 0.3) is 0 Å². The van der Waals surface area contributed by atoms with E-state index in [0.29, 0.717) is 0 Å². The van der Waals surface area contributed by atoms with E-state index >= 15 is 0 Å². The Hall–Kier alpha value is -2.25. The predicted molar refractivity (Wildman–Crippen MR) is 107 cm³/mol. The highest BCUT2D eigenvalue weighted by molar-refractivity contribution is 5.80. The molecule has 2 saturated heterocycles. The molecule has 2 fully saturated rings. The first-order valence-corrected chi connectivity index (χ1v) is 10.4. The molecule has 2 aromatic rings. The molecule has 4 rings (SSSR count). The van der Waals surface area contributed by atoms with Crippen molar-refractivity contribution < 1.29 is 4.79 Å². The molecular weight excluding hydrogens is 352 g/mol. The van der Waals surface area contributed by atoms with Crippen LogP contribution in [0.3, 0.4) is 0 Å². The molecule has 0 bridgehead atoms. The van der Waals surface area contributed by atoms with Gasteiger partial charge in [-0.15, -0.1) is 0 Å². The molecular formula is C21H30N6O. The largest absolute Gasteiger partial charge is 0.342 e. The predicted octanol–water partition coefficient (Wildman–Crippen LogP) is 1.93. The molecule has 7 nitrogen and oxygen atoms in total. The zero-order chi connectivity index (χ0) is 19.3. The lowest BCUT2D eigenvalue weighted by Gasteiger charge is -2.35. The fraction of sp³-hybridized carbons (Fsp3) is 0.571. The first kappa shape index (κ1) is 19.1. The van der Waals surface area contributed by atoms with Gasteiger partial charge in [-0.05, 0) is 30.9 Å². The first-order chi connectivity index (χ1) is 13.8. The maximum atomic E-state index is 13.2. The zero-order valence-corrected chi connectivity index (χ0v) is 16.6. The van der Waals surface area contributed by atoms with Crippen molar-refractivity contribution in [1.82, 2.24) is 30.3 Å². The Labute approximate surface area is 166 Å². The van der Waals surface area contributed by atoms with Crippen molar-refractivity contribution in [3.05, 3.63) is 48.3 Å². The molecule has 150 valence electrons. The van der Waals surface area contributed by atoms with E-state index in [9.17, 15) is 4.79 Å². The third kappa shape index (κ3) is 4.10. The number of carbonyl (C=O) groups is 1. The van der Waals surface area contributed by atoms with Crippen LogP contribution in [0.25, 0.3) is 0 Å². The number of likely N-dealkylation sites (tertiary alicyclic amines) is 1. The summed E-state index contributed by atoms with van der Waals surface area (Å²) in [5, 5.41) is 0. The second-order valence-electron chi connectivity index (χ2n) is 7.92. The van der Waals surface area contributed by atoms with Crippen LogP contribution in [-0.2, 0) is 11.3 Å². The summed E-state index contributed by atoms with van der Waals surface area (Å²) in [6, 6.07) is 4.29. The van der Waals surface area contributed by atoms with Crippen molar-refractivity contribution >= 4 is 5.91 Å². The number of hydrogen-bond donors (Lipinski definition) is 2. The van der Waals surface area contributed by atoms with Crippen molar-refractivity contribution in [3.8, 4) is 0 Å². The van der Waals surface area contributed by atoms with Gasteiger partial charge in [-0.2, -0.15) is 0 Å². The zero-order valence-electron chi connectivity index (χ0n) is 16.6. The molecule has 3 atom stereocenters. The maximum Gasteiger partial charge on any atom is 0.228 e. The molecule has 28 heavy (non-hydrogen) atoms. The molecule has 2 N–H and O–H groups in total. The molecule has 0 radical (unpaired) electrons. The summed E-state index contributed by atoms with van der Waals surface area (Å²) in [6.45, 7) is 5.27. The number of nitrogens with zero attached hydrogens (tertiary/aromatic N) is 4. The van der Waals surface area contributed by atoms with Crippen molar-refractivity contribution in [2.45, 2.75) is 51.1 Å². The molecule has 0 saturated carbocycles. The Kier molecular flexibility index (Phi) is 6.02. The molecule has 0 aliphatic carbocycles. The van der Waals surface area contributed by atoms with E-state index in [2.05, 4.69) is 43.3 Å². The third-order valence-electron chi connectivity index (χ3n) is 5.93. The lowest BCUT2D eigenvalue weighted by Crippen LogP contribution is -2.46. The van der Waals surface area contributed by atoms with E-state index in [0.717, 1.165) is 63.3 Å². The number of imidazole rings is 1. The molecule has 2 aliphatic rings. The van der Waals surface area contributed by atoms with Crippen LogP contribution in [0.1, 0.15) is 49.9 Å². The molecule has 0 aromatic carbocycles. The van der Waals surface area contributed by atoms with E-state index in [4.69, 9.17) is 0 Å². The van der Waals surface area contributed by atoms with E-state index in [1.807, 2.05) is 24.7 Å². The second kappa shape index (κ2) is 8.84. The highest BCUT2D eigenvalue weighted by atomic mass is 16.2. The van der Waals surface area contributed by atoms with Gasteiger partial charge in [0.1, 0.15) is 5.82 Å². The molecule has 4 heterocycles. The second-order valence-corrected chi connectivity index (χ2v) is 7.92. The van der Waals surface area contributed by atoms with E-state index in [1.54, 1.807) is 6.20 Å². The summed E-state index contributed by atoms with van der Waals surface area (Å²) in [5.74, 6) is 1.69. The summed E-state index contributed by atoms with van der Waals surface area (Å²) >= 11 is 0. The van der Waals surface area contributed by atoms with E-state index < -0.39 is 0 Å². The molecule has 2 aliphatic heterocycles. The van der Waals surface area contributed by atoms with Gasteiger partial charge < -0.3 is 9.47 Å². The Morgan fingerprint density at radius 3 is 3.11 bits per heavy atom. The van der Waals surface area contributed by atoms with Gasteiger partial charge in [0.2, 0.25) is 5.91 Å². The maximum absolute atomic E-state index is 13.2. The normalized spacial score (nSPS) is 25.2. The first-order valence-electron chi connectivity index (χ1n) is 10.4. The summed E-state index contributed by atoms with van der Waals surface area (Å²) in [6.07, 6.45) is 11.8. The number of pyridine rings is 1. The number of carbonyl (C=O) groups excluding carboxylic acids is 1. The fourth-order valence-corrected chi connectivity index (χ4v) is 4.51. The van der Waals surface area contributed by atoms with Crippen LogP contribution < -0.4 is 10.9 Å². The van der Waals surface area contributed by atoms with Gasteiger partial charge in [-0.25, -0.2) is 4.98 Å². The van der Waals surface area contributed by atoms with Crippen LogP contribution in [0.15, 0.2) is 36.9 Å². The summed E-state index contributed by atoms with van der Waals surface area (Å²) in [7, 11) is 0. The summed E-state index contributed by atoms with van der Waals surface area (Å²) in [4.78, 5) is 24.1. The number of nitrogens with one attached hydrogen (secondary N) is 2. The van der Waals surface area contributed by atoms with E-state index in [1.165, 1.54) is 0 Å². The van der Waals surface area contributed by atoms with Crippen molar-refractivity contribution in [1.29, 1.82) is 0 Å². The topological polar surface area (TPSA) is 75.1 Å². The van der Waals surface area contributed by atoms with Gasteiger partial charge in [0.05, 0.1) is 12.5 Å². The molecule has 1 amide bonds. The number of hydrogen-bond acceptors (Lipinski definition) is 5. The molecule has 0 spiro atoms.